The Bertz CT molecular complexity index is 309. The Balaban J connectivity index is 2.11. The van der Waals surface area contributed by atoms with Crippen molar-refractivity contribution in [1.29, 1.82) is 0 Å². The Morgan fingerprint density at radius 3 is 2.56 bits per heavy atom. The van der Waals surface area contributed by atoms with Gasteiger partial charge >= 0.3 is 0 Å². The van der Waals surface area contributed by atoms with Gasteiger partial charge in [-0.1, -0.05) is 27.2 Å². The monoisotopic (exact) mass is 222 g/mol. The van der Waals surface area contributed by atoms with Crippen molar-refractivity contribution in [2.75, 3.05) is 6.61 Å². The topological polar surface area (TPSA) is 9.23 Å². The molecule has 3 rings (SSSR count). The fourth-order valence-corrected chi connectivity index (χ4v) is 5.64. The Hall–Kier alpha value is -0.0400. The second kappa shape index (κ2) is 3.04. The molecule has 1 heterocycles. The van der Waals surface area contributed by atoms with Crippen molar-refractivity contribution in [3.8, 4) is 0 Å². The molecular weight excluding hydrogens is 196 g/mol. The van der Waals surface area contributed by atoms with Crippen molar-refractivity contribution in [2.24, 2.45) is 22.7 Å². The van der Waals surface area contributed by atoms with E-state index >= 15 is 0 Å². The van der Waals surface area contributed by atoms with Crippen molar-refractivity contribution in [1.82, 2.24) is 0 Å². The number of hydrogen-bond acceptors (Lipinski definition) is 1. The van der Waals surface area contributed by atoms with Crippen LogP contribution in [0.3, 0.4) is 0 Å². The molecule has 3 aliphatic rings. The van der Waals surface area contributed by atoms with Crippen molar-refractivity contribution >= 4 is 0 Å². The van der Waals surface area contributed by atoms with Gasteiger partial charge in [-0.15, -0.1) is 0 Å². The lowest BCUT2D eigenvalue weighted by Crippen LogP contribution is -2.56. The van der Waals surface area contributed by atoms with Crippen LogP contribution in [0.4, 0.5) is 0 Å². The lowest BCUT2D eigenvalue weighted by molar-refractivity contribution is -0.140. The molecule has 92 valence electrons. The van der Waals surface area contributed by atoms with E-state index in [9.17, 15) is 0 Å². The van der Waals surface area contributed by atoms with Gasteiger partial charge in [-0.3, -0.25) is 0 Å². The van der Waals surface area contributed by atoms with Gasteiger partial charge in [-0.25, -0.2) is 0 Å². The van der Waals surface area contributed by atoms with Gasteiger partial charge in [0.25, 0.3) is 0 Å². The standard InChI is InChI=1S/C15H26O/c1-11-6-9-15-12(11)10-16-14(15,4)8-5-7-13(15,2)3/h11-12H,5-10H2,1-4H3/t11-,12-,14-,15+/m0/s1. The van der Waals surface area contributed by atoms with Gasteiger partial charge in [0.1, 0.15) is 0 Å². The van der Waals surface area contributed by atoms with Gasteiger partial charge in [0.15, 0.2) is 0 Å². The van der Waals surface area contributed by atoms with Gasteiger partial charge < -0.3 is 4.74 Å². The Kier molecular flexibility index (Phi) is 2.11. The first-order chi connectivity index (χ1) is 7.43. The summed E-state index contributed by atoms with van der Waals surface area (Å²) in [7, 11) is 0. The summed E-state index contributed by atoms with van der Waals surface area (Å²) in [4.78, 5) is 0. The van der Waals surface area contributed by atoms with E-state index in [0.29, 0.717) is 10.8 Å². The number of hydrogen-bond donors (Lipinski definition) is 0. The Labute approximate surface area is 99.9 Å². The normalized spacial score (nSPS) is 54.8. The highest BCUT2D eigenvalue weighted by atomic mass is 16.5. The summed E-state index contributed by atoms with van der Waals surface area (Å²) in [5.74, 6) is 1.70. The van der Waals surface area contributed by atoms with E-state index in [2.05, 4.69) is 27.7 Å². The summed E-state index contributed by atoms with van der Waals surface area (Å²) in [5, 5.41) is 0. The van der Waals surface area contributed by atoms with Gasteiger partial charge in [0.2, 0.25) is 0 Å². The summed E-state index contributed by atoms with van der Waals surface area (Å²) in [5.41, 5.74) is 1.15. The molecule has 2 saturated carbocycles. The van der Waals surface area contributed by atoms with E-state index in [-0.39, 0.29) is 5.60 Å². The zero-order valence-electron chi connectivity index (χ0n) is 11.3. The fraction of sp³-hybridized carbons (Fsp3) is 1.00. The van der Waals surface area contributed by atoms with Crippen molar-refractivity contribution in [3.63, 3.8) is 0 Å². The maximum atomic E-state index is 6.31. The molecule has 0 aromatic heterocycles. The molecule has 0 unspecified atom stereocenters. The van der Waals surface area contributed by atoms with Crippen LogP contribution in [0, 0.1) is 22.7 Å². The molecule has 3 fully saturated rings. The predicted octanol–water partition coefficient (Wildman–Crippen LogP) is 4.02. The molecule has 1 saturated heterocycles. The van der Waals surface area contributed by atoms with E-state index < -0.39 is 0 Å². The first-order valence-corrected chi connectivity index (χ1v) is 7.07. The molecule has 1 aliphatic heterocycles. The smallest absolute Gasteiger partial charge is 0.0719 e. The zero-order chi connectivity index (χ0) is 11.6. The van der Waals surface area contributed by atoms with E-state index in [4.69, 9.17) is 4.74 Å². The average Bonchev–Trinajstić information content (AvgIpc) is 2.67. The molecule has 0 bridgehead atoms. The number of rotatable bonds is 0. The zero-order valence-corrected chi connectivity index (χ0v) is 11.3. The van der Waals surface area contributed by atoms with E-state index in [0.717, 1.165) is 18.4 Å². The summed E-state index contributed by atoms with van der Waals surface area (Å²) in [6.07, 6.45) is 6.87. The second-order valence-electron chi connectivity index (χ2n) is 7.37. The first-order valence-electron chi connectivity index (χ1n) is 7.07. The summed E-state index contributed by atoms with van der Waals surface area (Å²) < 4.78 is 6.31. The van der Waals surface area contributed by atoms with Crippen molar-refractivity contribution in [2.45, 2.75) is 65.4 Å². The maximum Gasteiger partial charge on any atom is 0.0719 e. The molecule has 1 heteroatoms. The minimum absolute atomic E-state index is 0.185. The van der Waals surface area contributed by atoms with Gasteiger partial charge in [-0.05, 0) is 49.9 Å². The van der Waals surface area contributed by atoms with Crippen molar-refractivity contribution < 1.29 is 4.74 Å². The molecular formula is C15H26O. The van der Waals surface area contributed by atoms with Crippen LogP contribution in [0.2, 0.25) is 0 Å². The van der Waals surface area contributed by atoms with Crippen LogP contribution in [0.1, 0.15) is 59.8 Å². The molecule has 1 spiro atoms. The van der Waals surface area contributed by atoms with Crippen molar-refractivity contribution in [3.05, 3.63) is 0 Å². The van der Waals surface area contributed by atoms with Crippen LogP contribution in [0.5, 0.6) is 0 Å². The Morgan fingerprint density at radius 2 is 1.81 bits per heavy atom. The van der Waals surface area contributed by atoms with Crippen LogP contribution in [0.25, 0.3) is 0 Å². The highest BCUT2D eigenvalue weighted by Gasteiger charge is 2.69. The Morgan fingerprint density at radius 1 is 1.06 bits per heavy atom. The number of ether oxygens (including phenoxy) is 1. The molecule has 0 aromatic rings. The van der Waals surface area contributed by atoms with Gasteiger partial charge in [-0.2, -0.15) is 0 Å². The maximum absolute atomic E-state index is 6.31. The van der Waals surface area contributed by atoms with Crippen LogP contribution in [-0.2, 0) is 4.74 Å². The van der Waals surface area contributed by atoms with E-state index in [1.807, 2.05) is 0 Å². The fourth-order valence-electron chi connectivity index (χ4n) is 5.64. The molecule has 2 aliphatic carbocycles. The molecule has 1 nitrogen and oxygen atoms in total. The largest absolute Gasteiger partial charge is 0.374 e. The SMILES string of the molecule is C[C@H]1CC[C@]23[C@H]1CO[C@@]2(C)CCCC3(C)C. The van der Waals surface area contributed by atoms with Crippen LogP contribution in [0.15, 0.2) is 0 Å². The third-order valence-electron chi connectivity index (χ3n) is 6.50. The summed E-state index contributed by atoms with van der Waals surface area (Å²) in [6.45, 7) is 10.9. The quantitative estimate of drug-likeness (QED) is 0.601. The highest BCUT2D eigenvalue weighted by Crippen LogP contribution is 2.70. The van der Waals surface area contributed by atoms with Crippen LogP contribution in [-0.4, -0.2) is 12.2 Å². The molecule has 0 N–H and O–H groups in total. The third-order valence-corrected chi connectivity index (χ3v) is 6.50. The van der Waals surface area contributed by atoms with E-state index in [1.165, 1.54) is 32.1 Å². The minimum Gasteiger partial charge on any atom is -0.374 e. The molecule has 16 heavy (non-hydrogen) atoms. The second-order valence-corrected chi connectivity index (χ2v) is 7.37. The molecule has 4 atom stereocenters. The van der Waals surface area contributed by atoms with Gasteiger partial charge in [0.05, 0.1) is 12.2 Å². The van der Waals surface area contributed by atoms with E-state index in [1.54, 1.807) is 0 Å². The highest BCUT2D eigenvalue weighted by molar-refractivity contribution is 5.17. The molecule has 0 aromatic carbocycles. The predicted molar refractivity (Wildman–Crippen MR) is 66.3 cm³/mol. The minimum atomic E-state index is 0.185. The summed E-state index contributed by atoms with van der Waals surface area (Å²) in [6, 6.07) is 0. The lowest BCUT2D eigenvalue weighted by atomic mass is 9.48. The van der Waals surface area contributed by atoms with Gasteiger partial charge in [0, 0.05) is 5.41 Å². The van der Waals surface area contributed by atoms with Crippen LogP contribution < -0.4 is 0 Å². The third kappa shape index (κ3) is 1.02. The summed E-state index contributed by atoms with van der Waals surface area (Å²) >= 11 is 0. The first kappa shape index (κ1) is 11.1. The molecule has 0 radical (unpaired) electrons. The lowest BCUT2D eigenvalue weighted by Gasteiger charge is -2.57. The molecule has 0 amide bonds. The van der Waals surface area contributed by atoms with Crippen LogP contribution >= 0.6 is 0 Å². The average molecular weight is 222 g/mol.